The van der Waals surface area contributed by atoms with Crippen LogP contribution in [0.5, 0.6) is 5.75 Å². The van der Waals surface area contributed by atoms with Crippen molar-refractivity contribution in [3.8, 4) is 17.1 Å². The maximum absolute atomic E-state index is 14.4. The van der Waals surface area contributed by atoms with Crippen LogP contribution in [0.4, 0.5) is 8.78 Å². The second kappa shape index (κ2) is 7.56. The van der Waals surface area contributed by atoms with E-state index < -0.39 is 11.6 Å². The van der Waals surface area contributed by atoms with Gasteiger partial charge in [-0.3, -0.25) is 0 Å². The summed E-state index contributed by atoms with van der Waals surface area (Å²) in [6, 6.07) is 2.66. The molecule has 6 nitrogen and oxygen atoms in total. The SMILES string of the molecule is CN.COc1cc2ncc(-c3nc(C(C)C)c(F)cc3F)n2nc1C1CC1. The highest BCUT2D eigenvalue weighted by molar-refractivity contribution is 5.61. The molecule has 0 radical (unpaired) electrons. The molecule has 0 spiro atoms. The minimum absolute atomic E-state index is 0.0528. The van der Waals surface area contributed by atoms with Crippen molar-refractivity contribution < 1.29 is 13.5 Å². The maximum Gasteiger partial charge on any atom is 0.157 e. The average Bonchev–Trinajstić information content (AvgIpc) is 3.43. The monoisotopic (exact) mass is 375 g/mol. The van der Waals surface area contributed by atoms with Gasteiger partial charge < -0.3 is 10.5 Å². The molecule has 144 valence electrons. The molecule has 0 aliphatic heterocycles. The van der Waals surface area contributed by atoms with Gasteiger partial charge >= 0.3 is 0 Å². The predicted octanol–water partition coefficient (Wildman–Crippen LogP) is 3.65. The minimum Gasteiger partial charge on any atom is -0.495 e. The zero-order valence-corrected chi connectivity index (χ0v) is 15.8. The Kier molecular flexibility index (Phi) is 5.36. The van der Waals surface area contributed by atoms with Crippen LogP contribution in [0, 0.1) is 11.6 Å². The average molecular weight is 375 g/mol. The Balaban J connectivity index is 0.00000102. The lowest BCUT2D eigenvalue weighted by Gasteiger charge is -2.11. The molecule has 0 unspecified atom stereocenters. The quantitative estimate of drug-likeness (QED) is 0.753. The van der Waals surface area contributed by atoms with E-state index in [-0.39, 0.29) is 17.3 Å². The first-order valence-corrected chi connectivity index (χ1v) is 8.86. The molecule has 2 N–H and O–H groups in total. The Hall–Kier alpha value is -2.61. The second-order valence-corrected chi connectivity index (χ2v) is 6.63. The second-order valence-electron chi connectivity index (χ2n) is 6.63. The number of fused-ring (bicyclic) bond motifs is 1. The number of imidazole rings is 1. The number of rotatable bonds is 4. The van der Waals surface area contributed by atoms with E-state index in [1.807, 2.05) is 13.8 Å². The Morgan fingerprint density at radius 1 is 1.19 bits per heavy atom. The molecule has 0 amide bonds. The molecular weight excluding hydrogens is 352 g/mol. The van der Waals surface area contributed by atoms with Gasteiger partial charge in [0.25, 0.3) is 0 Å². The molecule has 0 aromatic carbocycles. The van der Waals surface area contributed by atoms with Crippen molar-refractivity contribution in [3.63, 3.8) is 0 Å². The summed E-state index contributed by atoms with van der Waals surface area (Å²) in [5, 5.41) is 4.61. The van der Waals surface area contributed by atoms with E-state index in [1.165, 1.54) is 13.2 Å². The van der Waals surface area contributed by atoms with Crippen LogP contribution in [0.2, 0.25) is 0 Å². The van der Waals surface area contributed by atoms with Crippen molar-refractivity contribution in [2.75, 3.05) is 14.2 Å². The van der Waals surface area contributed by atoms with Crippen LogP contribution in [0.15, 0.2) is 18.3 Å². The van der Waals surface area contributed by atoms with Crippen LogP contribution in [0.25, 0.3) is 17.0 Å². The molecule has 27 heavy (non-hydrogen) atoms. The predicted molar refractivity (Wildman–Crippen MR) is 98.9 cm³/mol. The molecule has 1 aliphatic rings. The van der Waals surface area contributed by atoms with E-state index in [9.17, 15) is 8.78 Å². The van der Waals surface area contributed by atoms with Gasteiger partial charge in [-0.25, -0.2) is 23.3 Å². The lowest BCUT2D eigenvalue weighted by atomic mass is 10.1. The fourth-order valence-corrected chi connectivity index (χ4v) is 2.94. The summed E-state index contributed by atoms with van der Waals surface area (Å²) in [7, 11) is 3.10. The number of aromatic nitrogens is 4. The van der Waals surface area contributed by atoms with Crippen LogP contribution in [-0.4, -0.2) is 33.7 Å². The summed E-state index contributed by atoms with van der Waals surface area (Å²) < 4.78 is 35.3. The number of halogens is 2. The summed E-state index contributed by atoms with van der Waals surface area (Å²) in [5.41, 5.74) is 6.55. The summed E-state index contributed by atoms with van der Waals surface area (Å²) in [5.74, 6) is -0.490. The van der Waals surface area contributed by atoms with E-state index in [1.54, 1.807) is 17.7 Å². The zero-order chi connectivity index (χ0) is 19.7. The number of methoxy groups -OCH3 is 1. The highest BCUT2D eigenvalue weighted by Gasteiger charge is 2.30. The molecule has 1 fully saturated rings. The fourth-order valence-electron chi connectivity index (χ4n) is 2.94. The van der Waals surface area contributed by atoms with E-state index in [4.69, 9.17) is 4.74 Å². The fraction of sp³-hybridized carbons (Fsp3) is 0.421. The molecule has 1 saturated carbocycles. The van der Waals surface area contributed by atoms with Gasteiger partial charge in [0.15, 0.2) is 11.5 Å². The van der Waals surface area contributed by atoms with Crippen LogP contribution in [0.1, 0.15) is 49.9 Å². The van der Waals surface area contributed by atoms with E-state index in [0.29, 0.717) is 23.0 Å². The lowest BCUT2D eigenvalue weighted by Crippen LogP contribution is -2.06. The number of pyridine rings is 1. The highest BCUT2D eigenvalue weighted by Crippen LogP contribution is 2.43. The lowest BCUT2D eigenvalue weighted by molar-refractivity contribution is 0.405. The van der Waals surface area contributed by atoms with Crippen molar-refractivity contribution >= 4 is 5.65 Å². The standard InChI is InChI=1S/C18H18F2N4O.CH5N/c1-9(2)16-11(19)6-12(20)18(22-16)13-8-21-15-7-14(25-3)17(10-4-5-10)23-24(13)15;1-2/h6-10H,4-5H2,1-3H3;2H2,1H3. The summed E-state index contributed by atoms with van der Waals surface area (Å²) in [6.45, 7) is 3.63. The smallest absolute Gasteiger partial charge is 0.157 e. The van der Waals surface area contributed by atoms with E-state index in [2.05, 4.69) is 20.8 Å². The molecule has 3 heterocycles. The van der Waals surface area contributed by atoms with Crippen LogP contribution >= 0.6 is 0 Å². The zero-order valence-electron chi connectivity index (χ0n) is 15.8. The third-order valence-corrected chi connectivity index (χ3v) is 4.41. The van der Waals surface area contributed by atoms with Crippen molar-refractivity contribution in [1.82, 2.24) is 19.6 Å². The minimum atomic E-state index is -0.728. The highest BCUT2D eigenvalue weighted by atomic mass is 19.1. The van der Waals surface area contributed by atoms with E-state index in [0.717, 1.165) is 24.6 Å². The number of nitrogens with zero attached hydrogens (tertiary/aromatic N) is 4. The van der Waals surface area contributed by atoms with Gasteiger partial charge in [-0.1, -0.05) is 13.8 Å². The normalized spacial score (nSPS) is 13.6. The van der Waals surface area contributed by atoms with E-state index >= 15 is 0 Å². The van der Waals surface area contributed by atoms with Gasteiger partial charge in [0.2, 0.25) is 0 Å². The van der Waals surface area contributed by atoms with Gasteiger partial charge in [-0.15, -0.1) is 0 Å². The van der Waals surface area contributed by atoms with Crippen molar-refractivity contribution in [3.05, 3.63) is 41.4 Å². The van der Waals surface area contributed by atoms with Crippen LogP contribution in [-0.2, 0) is 0 Å². The van der Waals surface area contributed by atoms with Crippen LogP contribution in [0.3, 0.4) is 0 Å². The first-order valence-electron chi connectivity index (χ1n) is 8.86. The largest absolute Gasteiger partial charge is 0.495 e. The summed E-state index contributed by atoms with van der Waals surface area (Å²) in [6.07, 6.45) is 3.62. The summed E-state index contributed by atoms with van der Waals surface area (Å²) in [4.78, 5) is 8.50. The van der Waals surface area contributed by atoms with Crippen molar-refractivity contribution in [2.24, 2.45) is 5.73 Å². The van der Waals surface area contributed by atoms with Gasteiger partial charge in [0.1, 0.15) is 28.6 Å². The Bertz CT molecular complexity index is 966. The number of hydrogen-bond acceptors (Lipinski definition) is 5. The molecule has 4 rings (SSSR count). The molecule has 1 aliphatic carbocycles. The number of hydrogen-bond donors (Lipinski definition) is 1. The Morgan fingerprint density at radius 2 is 1.89 bits per heavy atom. The van der Waals surface area contributed by atoms with Gasteiger partial charge in [0.05, 0.1) is 19.0 Å². The molecule has 0 atom stereocenters. The molecular formula is C19H23F2N5O. The van der Waals surface area contributed by atoms with Crippen LogP contribution < -0.4 is 10.5 Å². The van der Waals surface area contributed by atoms with Gasteiger partial charge in [-0.2, -0.15) is 5.10 Å². The summed E-state index contributed by atoms with van der Waals surface area (Å²) >= 11 is 0. The topological polar surface area (TPSA) is 78.3 Å². The van der Waals surface area contributed by atoms with Crippen molar-refractivity contribution in [2.45, 2.75) is 38.5 Å². The molecule has 0 saturated heterocycles. The van der Waals surface area contributed by atoms with Crippen molar-refractivity contribution in [1.29, 1.82) is 0 Å². The number of ether oxygens (including phenoxy) is 1. The number of nitrogens with two attached hydrogens (primary N) is 1. The molecule has 8 heteroatoms. The maximum atomic E-state index is 14.4. The van der Waals surface area contributed by atoms with Gasteiger partial charge in [-0.05, 0) is 25.8 Å². The Morgan fingerprint density at radius 3 is 2.48 bits per heavy atom. The van der Waals surface area contributed by atoms with Gasteiger partial charge in [0, 0.05) is 18.1 Å². The third-order valence-electron chi connectivity index (χ3n) is 4.41. The first-order chi connectivity index (χ1) is 13.0. The first kappa shape index (κ1) is 19.2. The Labute approximate surface area is 156 Å². The molecule has 3 aromatic rings. The third kappa shape index (κ3) is 3.49. The molecule has 3 aromatic heterocycles. The molecule has 0 bridgehead atoms.